The Labute approximate surface area is 199 Å². The summed E-state index contributed by atoms with van der Waals surface area (Å²) < 4.78 is 1.61. The van der Waals surface area contributed by atoms with Crippen LogP contribution in [-0.2, 0) is 6.42 Å². The summed E-state index contributed by atoms with van der Waals surface area (Å²) in [5.41, 5.74) is 3.79. The molecule has 0 amide bonds. The number of para-hydroxylation sites is 1. The first kappa shape index (κ1) is 21.9. The van der Waals surface area contributed by atoms with Crippen molar-refractivity contribution in [3.63, 3.8) is 0 Å². The van der Waals surface area contributed by atoms with Crippen LogP contribution >= 0.6 is 11.3 Å². The molecule has 3 heterocycles. The van der Waals surface area contributed by atoms with E-state index in [1.54, 1.807) is 15.9 Å². The minimum absolute atomic E-state index is 0.0253. The molecule has 1 fully saturated rings. The number of aryl methyl sites for hydroxylation is 1. The summed E-state index contributed by atoms with van der Waals surface area (Å²) in [6, 6.07) is 19.5. The van der Waals surface area contributed by atoms with Gasteiger partial charge in [0.15, 0.2) is 5.82 Å². The highest BCUT2D eigenvalue weighted by atomic mass is 32.1. The molecule has 1 aliphatic rings. The van der Waals surface area contributed by atoms with E-state index in [2.05, 4.69) is 88.3 Å². The predicted molar refractivity (Wildman–Crippen MR) is 135 cm³/mol. The number of aromatic nitrogens is 3. The largest absolute Gasteiger partial charge is 0.492 e. The number of piperazine rings is 1. The Balaban J connectivity index is 1.48. The predicted octanol–water partition coefficient (Wildman–Crippen LogP) is 5.09. The molecular weight excluding hydrogens is 430 g/mol. The number of rotatable bonds is 6. The lowest BCUT2D eigenvalue weighted by Crippen LogP contribution is -2.47. The minimum Gasteiger partial charge on any atom is -0.492 e. The Morgan fingerprint density at radius 3 is 2.21 bits per heavy atom. The summed E-state index contributed by atoms with van der Waals surface area (Å²) >= 11 is 1.55. The van der Waals surface area contributed by atoms with Gasteiger partial charge in [0, 0.05) is 38.3 Å². The van der Waals surface area contributed by atoms with Crippen LogP contribution in [0.5, 0.6) is 5.88 Å². The average Bonchev–Trinajstić information content (AvgIpc) is 3.39. The smallest absolute Gasteiger partial charge is 0.230 e. The second kappa shape index (κ2) is 9.15. The average molecular weight is 462 g/mol. The molecule has 172 valence electrons. The molecule has 1 saturated heterocycles. The van der Waals surface area contributed by atoms with Gasteiger partial charge in [-0.3, -0.25) is 4.90 Å². The molecule has 4 aromatic rings. The fourth-order valence-corrected chi connectivity index (χ4v) is 5.72. The van der Waals surface area contributed by atoms with Crippen LogP contribution in [0.15, 0.2) is 54.6 Å². The van der Waals surface area contributed by atoms with Gasteiger partial charge in [-0.1, -0.05) is 74.6 Å². The van der Waals surface area contributed by atoms with E-state index < -0.39 is 0 Å². The first-order chi connectivity index (χ1) is 16.0. The van der Waals surface area contributed by atoms with Crippen LogP contribution in [0, 0.1) is 0 Å². The van der Waals surface area contributed by atoms with Crippen molar-refractivity contribution in [3.05, 3.63) is 76.4 Å². The van der Waals surface area contributed by atoms with E-state index in [0.717, 1.165) is 48.3 Å². The van der Waals surface area contributed by atoms with Crippen LogP contribution in [0.2, 0.25) is 0 Å². The van der Waals surface area contributed by atoms with E-state index in [-0.39, 0.29) is 11.9 Å². The lowest BCUT2D eigenvalue weighted by Gasteiger charge is -2.40. The number of aromatic hydroxyl groups is 1. The van der Waals surface area contributed by atoms with Crippen LogP contribution in [0.4, 0.5) is 5.69 Å². The maximum Gasteiger partial charge on any atom is 0.230 e. The Morgan fingerprint density at radius 2 is 1.61 bits per heavy atom. The van der Waals surface area contributed by atoms with E-state index in [0.29, 0.717) is 5.92 Å². The highest BCUT2D eigenvalue weighted by molar-refractivity contribution is 7.17. The highest BCUT2D eigenvalue weighted by Crippen LogP contribution is 2.40. The van der Waals surface area contributed by atoms with Crippen molar-refractivity contribution in [2.24, 2.45) is 0 Å². The number of hydrogen-bond acceptors (Lipinski definition) is 6. The Kier molecular flexibility index (Phi) is 6.08. The molecule has 2 aromatic heterocycles. The molecule has 1 N–H and O–H groups in total. The van der Waals surface area contributed by atoms with Gasteiger partial charge in [0.05, 0.1) is 10.9 Å². The number of thiazole rings is 1. The van der Waals surface area contributed by atoms with Crippen molar-refractivity contribution in [2.45, 2.75) is 39.2 Å². The van der Waals surface area contributed by atoms with Gasteiger partial charge in [0.2, 0.25) is 10.8 Å². The SMILES string of the molecule is CCc1nc2sc(C(c3ccc(C(C)C)cc3)N3CCN(c4ccccc4)CC3)c(O)n2n1. The molecule has 0 aliphatic carbocycles. The fourth-order valence-electron chi connectivity index (χ4n) is 4.59. The zero-order valence-electron chi connectivity index (χ0n) is 19.5. The molecule has 1 atom stereocenters. The van der Waals surface area contributed by atoms with Gasteiger partial charge in [0.25, 0.3) is 0 Å². The van der Waals surface area contributed by atoms with E-state index in [9.17, 15) is 5.11 Å². The lowest BCUT2D eigenvalue weighted by molar-refractivity contribution is 0.211. The maximum absolute atomic E-state index is 11.2. The number of anilines is 1. The minimum atomic E-state index is -0.0253. The number of nitrogens with zero attached hydrogens (tertiary/aromatic N) is 5. The van der Waals surface area contributed by atoms with Crippen molar-refractivity contribution in [3.8, 4) is 5.88 Å². The molecule has 33 heavy (non-hydrogen) atoms. The molecule has 2 aromatic carbocycles. The first-order valence-corrected chi connectivity index (χ1v) is 12.6. The Hall–Kier alpha value is -2.90. The van der Waals surface area contributed by atoms with Gasteiger partial charge in [-0.2, -0.15) is 4.52 Å². The number of hydrogen-bond donors (Lipinski definition) is 1. The third-order valence-corrected chi connectivity index (χ3v) is 7.60. The van der Waals surface area contributed by atoms with Crippen molar-refractivity contribution in [1.29, 1.82) is 0 Å². The van der Waals surface area contributed by atoms with E-state index in [1.807, 2.05) is 6.92 Å². The molecule has 1 aliphatic heterocycles. The van der Waals surface area contributed by atoms with Crippen molar-refractivity contribution < 1.29 is 5.11 Å². The van der Waals surface area contributed by atoms with Crippen LogP contribution in [0.1, 0.15) is 54.6 Å². The molecule has 0 saturated carbocycles. The van der Waals surface area contributed by atoms with Crippen LogP contribution in [0.3, 0.4) is 0 Å². The van der Waals surface area contributed by atoms with Gasteiger partial charge < -0.3 is 10.0 Å². The van der Waals surface area contributed by atoms with Crippen molar-refractivity contribution in [2.75, 3.05) is 31.1 Å². The second-order valence-corrected chi connectivity index (χ2v) is 9.96. The molecule has 6 nitrogen and oxygen atoms in total. The second-order valence-electron chi connectivity index (χ2n) is 8.95. The van der Waals surface area contributed by atoms with E-state index in [1.165, 1.54) is 16.8 Å². The Morgan fingerprint density at radius 1 is 0.939 bits per heavy atom. The summed E-state index contributed by atoms with van der Waals surface area (Å²) in [4.78, 5) is 11.2. The van der Waals surface area contributed by atoms with Crippen LogP contribution in [-0.4, -0.2) is 50.8 Å². The zero-order chi connectivity index (χ0) is 22.9. The van der Waals surface area contributed by atoms with E-state index >= 15 is 0 Å². The molecule has 5 rings (SSSR count). The third kappa shape index (κ3) is 4.23. The number of fused-ring (bicyclic) bond motifs is 1. The molecular formula is C26H31N5OS. The summed E-state index contributed by atoms with van der Waals surface area (Å²) in [6.45, 7) is 10.2. The monoisotopic (exact) mass is 461 g/mol. The van der Waals surface area contributed by atoms with Crippen molar-refractivity contribution >= 4 is 22.0 Å². The van der Waals surface area contributed by atoms with Gasteiger partial charge in [-0.25, -0.2) is 4.98 Å². The van der Waals surface area contributed by atoms with E-state index in [4.69, 9.17) is 0 Å². The Bertz CT molecular complexity index is 1210. The van der Waals surface area contributed by atoms with Gasteiger partial charge in [0.1, 0.15) is 0 Å². The molecule has 0 spiro atoms. The molecule has 1 unspecified atom stereocenters. The maximum atomic E-state index is 11.2. The summed E-state index contributed by atoms with van der Waals surface area (Å²) in [5.74, 6) is 1.46. The van der Waals surface area contributed by atoms with Crippen LogP contribution in [0.25, 0.3) is 4.96 Å². The number of benzene rings is 2. The fraction of sp³-hybridized carbons (Fsp3) is 0.385. The summed E-state index contributed by atoms with van der Waals surface area (Å²) in [7, 11) is 0. The molecule has 0 radical (unpaired) electrons. The van der Waals surface area contributed by atoms with Crippen LogP contribution < -0.4 is 4.90 Å². The summed E-state index contributed by atoms with van der Waals surface area (Å²) in [6.07, 6.45) is 0.755. The molecule has 7 heteroatoms. The topological polar surface area (TPSA) is 56.9 Å². The third-order valence-electron chi connectivity index (χ3n) is 6.53. The van der Waals surface area contributed by atoms with Crippen molar-refractivity contribution in [1.82, 2.24) is 19.5 Å². The normalized spacial score (nSPS) is 16.1. The molecule has 0 bridgehead atoms. The standard InChI is InChI=1S/C26H31N5OS/c1-4-22-27-26-31(28-22)25(32)24(33-26)23(20-12-10-19(11-13-20)18(2)3)30-16-14-29(15-17-30)21-8-6-5-7-9-21/h5-13,18,23,32H,4,14-17H2,1-3H3. The summed E-state index contributed by atoms with van der Waals surface area (Å²) in [5, 5.41) is 15.7. The first-order valence-electron chi connectivity index (χ1n) is 11.8. The van der Waals surface area contributed by atoms with Gasteiger partial charge in [-0.15, -0.1) is 5.10 Å². The van der Waals surface area contributed by atoms with Gasteiger partial charge >= 0.3 is 0 Å². The van der Waals surface area contributed by atoms with Gasteiger partial charge in [-0.05, 0) is 29.2 Å². The lowest BCUT2D eigenvalue weighted by atomic mass is 9.97. The zero-order valence-corrected chi connectivity index (χ0v) is 20.3. The highest BCUT2D eigenvalue weighted by Gasteiger charge is 2.32. The quantitative estimate of drug-likeness (QED) is 0.433.